The van der Waals surface area contributed by atoms with Gasteiger partial charge >= 0.3 is 0 Å². The zero-order valence-electron chi connectivity index (χ0n) is 21.2. The fourth-order valence-corrected chi connectivity index (χ4v) is 5.07. The summed E-state index contributed by atoms with van der Waals surface area (Å²) in [6.07, 6.45) is 7.52. The van der Waals surface area contributed by atoms with Crippen molar-refractivity contribution in [3.05, 3.63) is 88.7 Å². The molecule has 1 aliphatic carbocycles. The van der Waals surface area contributed by atoms with Gasteiger partial charge in [-0.3, -0.25) is 0 Å². The van der Waals surface area contributed by atoms with Gasteiger partial charge in [-0.25, -0.2) is 13.2 Å². The number of halogens is 3. The Balaban J connectivity index is 1.32. The molecule has 0 unspecified atom stereocenters. The number of hydrogen-bond acceptors (Lipinski definition) is 2. The lowest BCUT2D eigenvalue weighted by molar-refractivity contribution is 0.0117. The van der Waals surface area contributed by atoms with Gasteiger partial charge in [0, 0.05) is 17.2 Å². The Kier molecular flexibility index (Phi) is 9.08. The highest BCUT2D eigenvalue weighted by Gasteiger charge is 2.25. The lowest BCUT2D eigenvalue weighted by Gasteiger charge is -2.29. The molecule has 192 valence electrons. The predicted octanol–water partition coefficient (Wildman–Crippen LogP) is 8.76. The van der Waals surface area contributed by atoms with E-state index in [2.05, 4.69) is 6.92 Å². The lowest BCUT2D eigenvalue weighted by Crippen LogP contribution is -2.21. The molecule has 0 N–H and O–H groups in total. The van der Waals surface area contributed by atoms with Crippen LogP contribution in [0.15, 0.2) is 54.6 Å². The summed E-state index contributed by atoms with van der Waals surface area (Å²) in [6.45, 7) is 2.19. The molecule has 0 saturated heterocycles. The van der Waals surface area contributed by atoms with E-state index < -0.39 is 11.6 Å². The number of aryl methyl sites for hydroxylation is 1. The summed E-state index contributed by atoms with van der Waals surface area (Å²) in [4.78, 5) is 0. The largest absolute Gasteiger partial charge is 0.497 e. The van der Waals surface area contributed by atoms with Gasteiger partial charge in [0.15, 0.2) is 11.6 Å². The molecular formula is C31H35F3O2. The number of ether oxygens (including phenoxy) is 2. The van der Waals surface area contributed by atoms with Crippen molar-refractivity contribution in [3.63, 3.8) is 0 Å². The molecule has 5 heteroatoms. The van der Waals surface area contributed by atoms with E-state index in [9.17, 15) is 13.2 Å². The smallest absolute Gasteiger partial charge is 0.167 e. The van der Waals surface area contributed by atoms with Crippen molar-refractivity contribution < 1.29 is 22.6 Å². The van der Waals surface area contributed by atoms with Gasteiger partial charge in [0.2, 0.25) is 0 Å². The second-order valence-corrected chi connectivity index (χ2v) is 9.73. The molecule has 3 aromatic carbocycles. The highest BCUT2D eigenvalue weighted by molar-refractivity contribution is 5.65. The monoisotopic (exact) mass is 496 g/mol. The molecule has 1 fully saturated rings. The first-order valence-corrected chi connectivity index (χ1v) is 13.0. The fraction of sp³-hybridized carbons (Fsp3) is 0.419. The minimum Gasteiger partial charge on any atom is -0.497 e. The second-order valence-electron chi connectivity index (χ2n) is 9.73. The van der Waals surface area contributed by atoms with Crippen LogP contribution >= 0.6 is 0 Å². The Morgan fingerprint density at radius 1 is 0.833 bits per heavy atom. The molecule has 0 amide bonds. The predicted molar refractivity (Wildman–Crippen MR) is 138 cm³/mol. The SMILES string of the molecule is CCCCCc1ccc(-c2ccc(COC3CCC(c4ccc(OC)cc4F)CC3)c(F)c2F)cc1. The van der Waals surface area contributed by atoms with Crippen molar-refractivity contribution in [1.82, 2.24) is 0 Å². The molecule has 0 heterocycles. The Bertz CT molecular complexity index is 1140. The van der Waals surface area contributed by atoms with E-state index in [4.69, 9.17) is 9.47 Å². The van der Waals surface area contributed by atoms with Crippen LogP contribution in [0, 0.1) is 17.5 Å². The minimum atomic E-state index is -0.853. The van der Waals surface area contributed by atoms with Gasteiger partial charge in [-0.05, 0) is 67.2 Å². The van der Waals surface area contributed by atoms with Gasteiger partial charge in [-0.2, -0.15) is 0 Å². The summed E-state index contributed by atoms with van der Waals surface area (Å²) in [5.41, 5.74) is 3.06. The number of unbranched alkanes of at least 4 members (excludes halogenated alkanes) is 2. The molecule has 1 saturated carbocycles. The first-order chi connectivity index (χ1) is 17.5. The van der Waals surface area contributed by atoms with E-state index in [0.717, 1.165) is 38.5 Å². The molecule has 0 bridgehead atoms. The maximum atomic E-state index is 14.9. The lowest BCUT2D eigenvalue weighted by atomic mass is 9.82. The summed E-state index contributed by atoms with van der Waals surface area (Å²) < 4.78 is 55.2. The second kappa shape index (κ2) is 12.4. The standard InChI is InChI=1S/C31H35F3O2/c1-3-4-5-6-21-7-9-23(10-8-21)28-17-13-24(30(33)31(28)34)20-36-25-14-11-22(12-15-25)27-18-16-26(35-2)19-29(27)32/h7-10,13,16-19,22,25H,3-6,11-12,14-15,20H2,1-2H3. The number of benzene rings is 3. The molecule has 1 aliphatic rings. The van der Waals surface area contributed by atoms with Crippen LogP contribution in [0.2, 0.25) is 0 Å². The van der Waals surface area contributed by atoms with Crippen LogP contribution in [0.5, 0.6) is 5.75 Å². The zero-order chi connectivity index (χ0) is 25.5. The molecule has 4 rings (SSSR count). The molecule has 3 aromatic rings. The van der Waals surface area contributed by atoms with Crippen molar-refractivity contribution in [2.24, 2.45) is 0 Å². The van der Waals surface area contributed by atoms with Crippen LogP contribution in [0.25, 0.3) is 11.1 Å². The van der Waals surface area contributed by atoms with Crippen LogP contribution in [-0.4, -0.2) is 13.2 Å². The van der Waals surface area contributed by atoms with Gasteiger partial charge in [0.05, 0.1) is 19.8 Å². The molecule has 0 atom stereocenters. The number of rotatable bonds is 10. The summed E-state index contributed by atoms with van der Waals surface area (Å²) >= 11 is 0. The van der Waals surface area contributed by atoms with E-state index in [-0.39, 0.29) is 35.6 Å². The third-order valence-corrected chi connectivity index (χ3v) is 7.29. The summed E-state index contributed by atoms with van der Waals surface area (Å²) in [5, 5.41) is 0. The Morgan fingerprint density at radius 2 is 1.58 bits per heavy atom. The minimum absolute atomic E-state index is 0.0195. The van der Waals surface area contributed by atoms with Crippen molar-refractivity contribution in [2.75, 3.05) is 7.11 Å². The van der Waals surface area contributed by atoms with Gasteiger partial charge in [-0.15, -0.1) is 0 Å². The summed E-state index contributed by atoms with van der Waals surface area (Å²) in [5.74, 6) is -1.31. The maximum absolute atomic E-state index is 14.9. The van der Waals surface area contributed by atoms with Crippen LogP contribution in [-0.2, 0) is 17.8 Å². The van der Waals surface area contributed by atoms with Crippen LogP contribution in [0.4, 0.5) is 13.2 Å². The van der Waals surface area contributed by atoms with Gasteiger partial charge in [0.25, 0.3) is 0 Å². The summed E-state index contributed by atoms with van der Waals surface area (Å²) in [7, 11) is 1.52. The third kappa shape index (κ3) is 6.31. The highest BCUT2D eigenvalue weighted by Crippen LogP contribution is 2.37. The third-order valence-electron chi connectivity index (χ3n) is 7.29. The Labute approximate surface area is 212 Å². The van der Waals surface area contributed by atoms with E-state index in [1.807, 2.05) is 24.3 Å². The summed E-state index contributed by atoms with van der Waals surface area (Å²) in [6, 6.07) is 15.9. The van der Waals surface area contributed by atoms with Crippen LogP contribution < -0.4 is 4.74 Å². The van der Waals surface area contributed by atoms with E-state index in [0.29, 0.717) is 16.9 Å². The van der Waals surface area contributed by atoms with E-state index in [1.54, 1.807) is 24.3 Å². The van der Waals surface area contributed by atoms with Crippen molar-refractivity contribution >= 4 is 0 Å². The molecule has 0 aromatic heterocycles. The van der Waals surface area contributed by atoms with Gasteiger partial charge < -0.3 is 9.47 Å². The van der Waals surface area contributed by atoms with Crippen LogP contribution in [0.1, 0.15) is 74.5 Å². The van der Waals surface area contributed by atoms with Gasteiger partial charge in [0.1, 0.15) is 11.6 Å². The Hall–Kier alpha value is -2.79. The molecule has 0 spiro atoms. The molecule has 36 heavy (non-hydrogen) atoms. The highest BCUT2D eigenvalue weighted by atomic mass is 19.2. The normalized spacial score (nSPS) is 17.8. The number of methoxy groups -OCH3 is 1. The molecule has 0 aliphatic heterocycles. The van der Waals surface area contributed by atoms with Crippen LogP contribution in [0.3, 0.4) is 0 Å². The van der Waals surface area contributed by atoms with Crippen molar-refractivity contribution in [1.29, 1.82) is 0 Å². The molecule has 2 nitrogen and oxygen atoms in total. The average molecular weight is 497 g/mol. The molecule has 0 radical (unpaired) electrons. The van der Waals surface area contributed by atoms with E-state index in [1.165, 1.54) is 31.6 Å². The number of hydrogen-bond donors (Lipinski definition) is 0. The first kappa shape index (κ1) is 26.3. The fourth-order valence-electron chi connectivity index (χ4n) is 5.07. The van der Waals surface area contributed by atoms with Crippen molar-refractivity contribution in [3.8, 4) is 16.9 Å². The first-order valence-electron chi connectivity index (χ1n) is 13.0. The molecular weight excluding hydrogens is 461 g/mol. The Morgan fingerprint density at radius 3 is 2.25 bits per heavy atom. The average Bonchev–Trinajstić information content (AvgIpc) is 2.90. The quantitative estimate of drug-likeness (QED) is 0.261. The maximum Gasteiger partial charge on any atom is 0.167 e. The topological polar surface area (TPSA) is 18.5 Å². The van der Waals surface area contributed by atoms with Gasteiger partial charge in [-0.1, -0.05) is 62.2 Å². The van der Waals surface area contributed by atoms with Crippen molar-refractivity contribution in [2.45, 2.75) is 76.9 Å². The zero-order valence-corrected chi connectivity index (χ0v) is 21.2. The van der Waals surface area contributed by atoms with E-state index >= 15 is 0 Å².